The second-order valence-corrected chi connectivity index (χ2v) is 9.39. The Morgan fingerprint density at radius 1 is 1.17 bits per heavy atom. The molecule has 0 aliphatic heterocycles. The van der Waals surface area contributed by atoms with E-state index >= 15 is 0 Å². The van der Waals surface area contributed by atoms with Crippen LogP contribution in [0, 0.1) is 28.5 Å². The molecule has 29 heavy (non-hydrogen) atoms. The Kier molecular flexibility index (Phi) is 5.96. The summed E-state index contributed by atoms with van der Waals surface area (Å²) in [7, 11) is 0. The van der Waals surface area contributed by atoms with Crippen molar-refractivity contribution in [2.24, 2.45) is 11.3 Å². The monoisotopic (exact) mass is 422 g/mol. The van der Waals surface area contributed by atoms with Crippen molar-refractivity contribution in [1.82, 2.24) is 4.98 Å². The fourth-order valence-corrected chi connectivity index (χ4v) is 4.69. The molecular weight excluding hydrogens is 400 g/mol. The Hall–Kier alpha value is -2.07. The molecule has 0 amide bonds. The van der Waals surface area contributed by atoms with E-state index in [1.54, 1.807) is 18.2 Å². The van der Waals surface area contributed by atoms with Crippen molar-refractivity contribution < 1.29 is 17.6 Å². The van der Waals surface area contributed by atoms with E-state index in [0.717, 1.165) is 23.7 Å². The number of aromatic nitrogens is 1. The molecule has 1 heterocycles. The number of hydrogen-bond acceptors (Lipinski definition) is 3. The van der Waals surface area contributed by atoms with Crippen LogP contribution in [0.15, 0.2) is 29.3 Å². The van der Waals surface area contributed by atoms with Crippen LogP contribution >= 0.6 is 11.8 Å². The lowest BCUT2D eigenvalue weighted by atomic mass is 9.70. The molecule has 1 aromatic heterocycles. The van der Waals surface area contributed by atoms with E-state index in [-0.39, 0.29) is 34.2 Å². The molecule has 7 heteroatoms. The molecular formula is C22H22F4N2S. The van der Waals surface area contributed by atoms with Crippen LogP contribution in [0.5, 0.6) is 0 Å². The fraction of sp³-hybridized carbons (Fsp3) is 0.455. The summed E-state index contributed by atoms with van der Waals surface area (Å²) in [4.78, 5) is 4.47. The van der Waals surface area contributed by atoms with Crippen molar-refractivity contribution in [1.29, 1.82) is 5.26 Å². The van der Waals surface area contributed by atoms with Crippen LogP contribution in [0.3, 0.4) is 0 Å². The first-order chi connectivity index (χ1) is 13.5. The van der Waals surface area contributed by atoms with Gasteiger partial charge < -0.3 is 0 Å². The molecule has 0 saturated heterocycles. The van der Waals surface area contributed by atoms with Crippen LogP contribution in [0.1, 0.15) is 55.1 Å². The molecule has 154 valence electrons. The number of thioether (sulfide) groups is 1. The quantitative estimate of drug-likeness (QED) is 0.415. The second kappa shape index (κ2) is 7.98. The van der Waals surface area contributed by atoms with Crippen LogP contribution in [0.2, 0.25) is 0 Å². The number of halogens is 4. The topological polar surface area (TPSA) is 36.7 Å². The van der Waals surface area contributed by atoms with Gasteiger partial charge in [0.15, 0.2) is 0 Å². The molecule has 0 bridgehead atoms. The fourth-order valence-electron chi connectivity index (χ4n) is 3.73. The van der Waals surface area contributed by atoms with Crippen molar-refractivity contribution in [2.75, 3.05) is 0 Å². The smallest absolute Gasteiger partial charge is 0.245 e. The molecule has 2 nitrogen and oxygen atoms in total. The average molecular weight is 422 g/mol. The molecule has 0 radical (unpaired) electrons. The summed E-state index contributed by atoms with van der Waals surface area (Å²) < 4.78 is 55.1. The highest BCUT2D eigenvalue weighted by Gasteiger charge is 2.42. The van der Waals surface area contributed by atoms with Gasteiger partial charge in [-0.2, -0.15) is 18.4 Å². The number of rotatable bonds is 3. The molecule has 1 aliphatic rings. The summed E-state index contributed by atoms with van der Waals surface area (Å²) >= 11 is 1.08. The molecule has 0 spiro atoms. The van der Waals surface area contributed by atoms with E-state index < -0.39 is 17.3 Å². The number of nitriles is 1. The zero-order chi connectivity index (χ0) is 21.4. The van der Waals surface area contributed by atoms with Crippen molar-refractivity contribution in [3.63, 3.8) is 0 Å². The van der Waals surface area contributed by atoms with Gasteiger partial charge in [0.25, 0.3) is 0 Å². The van der Waals surface area contributed by atoms with Gasteiger partial charge in [-0.3, -0.25) is 0 Å². The van der Waals surface area contributed by atoms with Crippen LogP contribution in [0.4, 0.5) is 17.6 Å². The lowest BCUT2D eigenvalue weighted by Crippen LogP contribution is -2.30. The summed E-state index contributed by atoms with van der Waals surface area (Å²) in [6, 6.07) is 7.51. The lowest BCUT2D eigenvalue weighted by molar-refractivity contribution is -0.139. The van der Waals surface area contributed by atoms with Crippen LogP contribution in [-0.2, 0) is 24.8 Å². The minimum atomic E-state index is -4.62. The highest BCUT2D eigenvalue weighted by atomic mass is 32.2. The number of pyridine rings is 1. The van der Waals surface area contributed by atoms with Gasteiger partial charge in [0.1, 0.15) is 16.9 Å². The third kappa shape index (κ3) is 4.75. The first-order valence-electron chi connectivity index (χ1n) is 9.41. The number of alkyl halides is 3. The molecule has 2 aromatic rings. The maximum atomic E-state index is 14.0. The summed E-state index contributed by atoms with van der Waals surface area (Å²) in [5.74, 6) is 0.0288. The van der Waals surface area contributed by atoms with Gasteiger partial charge in [-0.1, -0.05) is 32.9 Å². The van der Waals surface area contributed by atoms with E-state index in [1.807, 2.05) is 20.8 Å². The first-order valence-corrected chi connectivity index (χ1v) is 10.4. The highest BCUT2D eigenvalue weighted by molar-refractivity contribution is 7.98. The largest absolute Gasteiger partial charge is 0.418 e. The lowest BCUT2D eigenvalue weighted by Gasteiger charge is -2.36. The first kappa shape index (κ1) is 21.6. The van der Waals surface area contributed by atoms with Gasteiger partial charge in [0.05, 0.1) is 11.1 Å². The van der Waals surface area contributed by atoms with Crippen LogP contribution < -0.4 is 0 Å². The Balaban J connectivity index is 2.03. The number of fused-ring (bicyclic) bond motifs is 1. The summed E-state index contributed by atoms with van der Waals surface area (Å²) in [5.41, 5.74) is 0.00745. The molecule has 1 aliphatic carbocycles. The van der Waals surface area contributed by atoms with Gasteiger partial charge in [-0.05, 0) is 53.9 Å². The minimum Gasteiger partial charge on any atom is -0.245 e. The molecule has 0 saturated carbocycles. The average Bonchev–Trinajstić information content (AvgIpc) is 2.64. The summed E-state index contributed by atoms with van der Waals surface area (Å²) in [6.45, 7) is 6.09. The number of benzene rings is 1. The van der Waals surface area contributed by atoms with E-state index in [4.69, 9.17) is 0 Å². The van der Waals surface area contributed by atoms with E-state index in [0.29, 0.717) is 17.9 Å². The Morgan fingerprint density at radius 2 is 1.83 bits per heavy atom. The predicted octanol–water partition coefficient (Wildman–Crippen LogP) is 6.55. The third-order valence-electron chi connectivity index (χ3n) is 5.44. The van der Waals surface area contributed by atoms with E-state index in [9.17, 15) is 22.8 Å². The van der Waals surface area contributed by atoms with E-state index in [1.165, 1.54) is 12.1 Å². The Bertz CT molecular complexity index is 938. The van der Waals surface area contributed by atoms with Gasteiger partial charge >= 0.3 is 6.18 Å². The van der Waals surface area contributed by atoms with Crippen molar-refractivity contribution in [3.8, 4) is 6.07 Å². The zero-order valence-corrected chi connectivity index (χ0v) is 17.3. The van der Waals surface area contributed by atoms with Crippen molar-refractivity contribution in [3.05, 3.63) is 58.0 Å². The zero-order valence-electron chi connectivity index (χ0n) is 16.5. The number of aryl methyl sites for hydroxylation is 1. The van der Waals surface area contributed by atoms with Crippen LogP contribution in [-0.4, -0.2) is 4.98 Å². The van der Waals surface area contributed by atoms with Gasteiger partial charge in [-0.15, -0.1) is 11.8 Å². The Labute approximate surface area is 172 Å². The van der Waals surface area contributed by atoms with Gasteiger partial charge in [0.2, 0.25) is 0 Å². The minimum absolute atomic E-state index is 0.0945. The Morgan fingerprint density at radius 3 is 2.38 bits per heavy atom. The molecule has 0 fully saturated rings. The van der Waals surface area contributed by atoms with Crippen molar-refractivity contribution >= 4 is 11.8 Å². The summed E-state index contributed by atoms with van der Waals surface area (Å²) in [5, 5.41) is 9.67. The van der Waals surface area contributed by atoms with Crippen molar-refractivity contribution in [2.45, 2.75) is 57.0 Å². The normalized spacial score (nSPS) is 17.0. The molecule has 1 unspecified atom stereocenters. The second-order valence-electron chi connectivity index (χ2n) is 8.42. The number of nitrogens with zero attached hydrogens (tertiary/aromatic N) is 2. The van der Waals surface area contributed by atoms with E-state index in [2.05, 4.69) is 4.98 Å². The molecule has 3 rings (SSSR count). The van der Waals surface area contributed by atoms with Crippen LogP contribution in [0.25, 0.3) is 0 Å². The SMILES string of the molecule is CC(C)(C)C1CCc2nc(SCc3ccc(F)cc3)c(C#N)c(C(F)(F)F)c2C1. The molecule has 0 N–H and O–H groups in total. The predicted molar refractivity (Wildman–Crippen MR) is 105 cm³/mol. The highest BCUT2D eigenvalue weighted by Crippen LogP contribution is 2.45. The third-order valence-corrected chi connectivity index (χ3v) is 6.49. The molecule has 1 atom stereocenters. The maximum Gasteiger partial charge on any atom is 0.418 e. The number of hydrogen-bond donors (Lipinski definition) is 0. The van der Waals surface area contributed by atoms with Gasteiger partial charge in [-0.25, -0.2) is 9.37 Å². The maximum absolute atomic E-state index is 14.0. The standard InChI is InChI=1S/C22H22F4N2S/c1-21(2,3)14-6-9-18-16(10-14)19(22(24,25)26)17(11-27)20(28-18)29-12-13-4-7-15(23)8-5-13/h4-5,7-8,14H,6,9-10,12H2,1-3H3. The van der Waals surface area contributed by atoms with Gasteiger partial charge in [0, 0.05) is 11.4 Å². The molecule has 1 aromatic carbocycles. The summed E-state index contributed by atoms with van der Waals surface area (Å²) in [6.07, 6.45) is -3.10.